The van der Waals surface area contributed by atoms with E-state index in [2.05, 4.69) is 26.6 Å². The largest absolute Gasteiger partial charge is 0.352 e. The van der Waals surface area contributed by atoms with E-state index in [0.29, 0.717) is 23.4 Å². The minimum atomic E-state index is -0.243. The molecule has 0 bridgehead atoms. The lowest BCUT2D eigenvalue weighted by molar-refractivity contribution is 0.0953. The molecule has 0 atom stereocenters. The second-order valence-electron chi connectivity index (χ2n) is 4.80. The number of hydrogen-bond donors (Lipinski definition) is 2. The number of nitrogens with one attached hydrogen (secondary N) is 2. The Labute approximate surface area is 138 Å². The first-order valence-electron chi connectivity index (χ1n) is 7.05. The Morgan fingerprint density at radius 3 is 2.27 bits per heavy atom. The Morgan fingerprint density at radius 2 is 1.64 bits per heavy atom. The number of hydrogen-bond acceptors (Lipinski definition) is 2. The fourth-order valence-electron chi connectivity index (χ4n) is 1.88. The molecule has 0 spiro atoms. The third kappa shape index (κ3) is 4.43. The van der Waals surface area contributed by atoms with E-state index in [0.717, 1.165) is 10.9 Å². The van der Waals surface area contributed by atoms with Gasteiger partial charge in [0.2, 0.25) is 0 Å². The van der Waals surface area contributed by atoms with Crippen molar-refractivity contribution in [1.82, 2.24) is 5.32 Å². The van der Waals surface area contributed by atoms with Gasteiger partial charge in [0.15, 0.2) is 0 Å². The van der Waals surface area contributed by atoms with Gasteiger partial charge in [-0.05, 0) is 48.9 Å². The van der Waals surface area contributed by atoms with Gasteiger partial charge in [-0.15, -0.1) is 0 Å². The lowest BCUT2D eigenvalue weighted by Crippen LogP contribution is -2.24. The molecular weight excluding hydrogens is 344 g/mol. The first-order valence-corrected chi connectivity index (χ1v) is 7.84. The van der Waals surface area contributed by atoms with Gasteiger partial charge in [-0.2, -0.15) is 0 Å². The van der Waals surface area contributed by atoms with Crippen LogP contribution in [0, 0.1) is 0 Å². The van der Waals surface area contributed by atoms with Gasteiger partial charge >= 0.3 is 0 Å². The number of benzene rings is 2. The van der Waals surface area contributed by atoms with Gasteiger partial charge in [-0.3, -0.25) is 9.59 Å². The van der Waals surface area contributed by atoms with Crippen LogP contribution in [0.3, 0.4) is 0 Å². The molecule has 114 valence electrons. The Kier molecular flexibility index (Phi) is 5.72. The maximum Gasteiger partial charge on any atom is 0.255 e. The minimum Gasteiger partial charge on any atom is -0.352 e. The van der Waals surface area contributed by atoms with E-state index < -0.39 is 0 Å². The lowest BCUT2D eigenvalue weighted by atomic mass is 10.1. The summed E-state index contributed by atoms with van der Waals surface area (Å²) in [5.41, 5.74) is 1.64. The molecule has 0 aromatic heterocycles. The highest BCUT2D eigenvalue weighted by Crippen LogP contribution is 2.15. The van der Waals surface area contributed by atoms with Crippen LogP contribution in [0.2, 0.25) is 0 Å². The van der Waals surface area contributed by atoms with E-state index in [9.17, 15) is 9.59 Å². The zero-order chi connectivity index (χ0) is 15.9. The number of halogens is 1. The molecule has 0 saturated carbocycles. The van der Waals surface area contributed by atoms with E-state index in [1.165, 1.54) is 0 Å². The highest BCUT2D eigenvalue weighted by atomic mass is 79.9. The number of anilines is 1. The summed E-state index contributed by atoms with van der Waals surface area (Å²) < 4.78 is 0.945. The summed E-state index contributed by atoms with van der Waals surface area (Å²) in [5, 5.41) is 5.60. The van der Waals surface area contributed by atoms with Crippen LogP contribution >= 0.6 is 15.9 Å². The van der Waals surface area contributed by atoms with Gasteiger partial charge in [0, 0.05) is 27.8 Å². The van der Waals surface area contributed by atoms with Gasteiger partial charge in [-0.1, -0.05) is 28.9 Å². The lowest BCUT2D eigenvalue weighted by Gasteiger charge is -2.07. The predicted octanol–water partition coefficient (Wildman–Crippen LogP) is 3.84. The summed E-state index contributed by atoms with van der Waals surface area (Å²) >= 11 is 3.35. The van der Waals surface area contributed by atoms with Crippen molar-refractivity contribution in [1.29, 1.82) is 0 Å². The van der Waals surface area contributed by atoms with Crippen molar-refractivity contribution in [3.63, 3.8) is 0 Å². The normalized spacial score (nSPS) is 10.1. The minimum absolute atomic E-state index is 0.167. The SMILES string of the molecule is CCCNC(=O)c1cccc(C(=O)Nc2ccc(Br)cc2)c1. The monoisotopic (exact) mass is 360 g/mol. The average Bonchev–Trinajstić information content (AvgIpc) is 2.54. The molecule has 0 unspecified atom stereocenters. The smallest absolute Gasteiger partial charge is 0.255 e. The zero-order valence-electron chi connectivity index (χ0n) is 12.2. The Bertz CT molecular complexity index is 669. The molecule has 2 rings (SSSR count). The molecule has 5 heteroatoms. The number of rotatable bonds is 5. The zero-order valence-corrected chi connectivity index (χ0v) is 13.8. The molecule has 0 saturated heterocycles. The predicted molar refractivity (Wildman–Crippen MR) is 91.2 cm³/mol. The Morgan fingerprint density at radius 1 is 1.00 bits per heavy atom. The molecular formula is C17H17BrN2O2. The third-order valence-corrected chi connectivity index (χ3v) is 3.55. The van der Waals surface area contributed by atoms with Crippen LogP contribution in [-0.4, -0.2) is 18.4 Å². The molecule has 0 heterocycles. The van der Waals surface area contributed by atoms with Crippen molar-refractivity contribution in [2.75, 3.05) is 11.9 Å². The van der Waals surface area contributed by atoms with Crippen LogP contribution in [-0.2, 0) is 0 Å². The van der Waals surface area contributed by atoms with E-state index >= 15 is 0 Å². The van der Waals surface area contributed by atoms with Crippen molar-refractivity contribution in [3.05, 3.63) is 64.1 Å². The third-order valence-electron chi connectivity index (χ3n) is 3.02. The van der Waals surface area contributed by atoms with E-state index in [-0.39, 0.29) is 11.8 Å². The summed E-state index contributed by atoms with van der Waals surface area (Å²) in [6.07, 6.45) is 0.871. The molecule has 0 aliphatic rings. The molecule has 2 aromatic rings. The molecule has 4 nitrogen and oxygen atoms in total. The van der Waals surface area contributed by atoms with Crippen LogP contribution in [0.15, 0.2) is 53.0 Å². The van der Waals surface area contributed by atoms with Crippen molar-refractivity contribution in [2.24, 2.45) is 0 Å². The van der Waals surface area contributed by atoms with Gasteiger partial charge in [0.25, 0.3) is 11.8 Å². The summed E-state index contributed by atoms with van der Waals surface area (Å²) in [6.45, 7) is 2.61. The van der Waals surface area contributed by atoms with Crippen LogP contribution in [0.25, 0.3) is 0 Å². The maximum absolute atomic E-state index is 12.2. The second-order valence-corrected chi connectivity index (χ2v) is 5.71. The number of carbonyl (C=O) groups excluding carboxylic acids is 2. The van der Waals surface area contributed by atoms with Crippen LogP contribution in [0.1, 0.15) is 34.1 Å². The number of carbonyl (C=O) groups is 2. The standard InChI is InChI=1S/C17H17BrN2O2/c1-2-10-19-16(21)12-4-3-5-13(11-12)17(22)20-15-8-6-14(18)7-9-15/h3-9,11H,2,10H2,1H3,(H,19,21)(H,20,22). The summed E-state index contributed by atoms with van der Waals surface area (Å²) in [4.78, 5) is 24.2. The fraction of sp³-hybridized carbons (Fsp3) is 0.176. The topological polar surface area (TPSA) is 58.2 Å². The maximum atomic E-state index is 12.2. The van der Waals surface area contributed by atoms with E-state index in [1.54, 1.807) is 36.4 Å². The summed E-state index contributed by atoms with van der Waals surface area (Å²) in [5.74, 6) is -0.410. The van der Waals surface area contributed by atoms with Gasteiger partial charge < -0.3 is 10.6 Å². The van der Waals surface area contributed by atoms with E-state index in [1.807, 2.05) is 19.1 Å². The molecule has 2 amide bonds. The fourth-order valence-corrected chi connectivity index (χ4v) is 2.14. The molecule has 0 fully saturated rings. The van der Waals surface area contributed by atoms with Crippen molar-refractivity contribution >= 4 is 33.4 Å². The Hall–Kier alpha value is -2.14. The summed E-state index contributed by atoms with van der Waals surface area (Å²) in [7, 11) is 0. The van der Waals surface area contributed by atoms with E-state index in [4.69, 9.17) is 0 Å². The van der Waals surface area contributed by atoms with Crippen LogP contribution in [0.4, 0.5) is 5.69 Å². The van der Waals surface area contributed by atoms with Crippen molar-refractivity contribution in [3.8, 4) is 0 Å². The molecule has 2 N–H and O–H groups in total. The highest BCUT2D eigenvalue weighted by Gasteiger charge is 2.10. The van der Waals surface area contributed by atoms with Crippen LogP contribution in [0.5, 0.6) is 0 Å². The first-order chi connectivity index (χ1) is 10.6. The van der Waals surface area contributed by atoms with Crippen molar-refractivity contribution < 1.29 is 9.59 Å². The number of amides is 2. The molecule has 0 aliphatic carbocycles. The second kappa shape index (κ2) is 7.75. The van der Waals surface area contributed by atoms with Crippen LogP contribution < -0.4 is 10.6 Å². The Balaban J connectivity index is 2.09. The first kappa shape index (κ1) is 16.2. The van der Waals surface area contributed by atoms with Gasteiger partial charge in [-0.25, -0.2) is 0 Å². The highest BCUT2D eigenvalue weighted by molar-refractivity contribution is 9.10. The molecule has 0 aliphatic heterocycles. The van der Waals surface area contributed by atoms with Crippen molar-refractivity contribution in [2.45, 2.75) is 13.3 Å². The molecule has 2 aromatic carbocycles. The molecule has 0 radical (unpaired) electrons. The summed E-state index contributed by atoms with van der Waals surface area (Å²) in [6, 6.07) is 14.0. The van der Waals surface area contributed by atoms with Gasteiger partial charge in [0.05, 0.1) is 0 Å². The average molecular weight is 361 g/mol. The van der Waals surface area contributed by atoms with Gasteiger partial charge in [0.1, 0.15) is 0 Å². The molecule has 22 heavy (non-hydrogen) atoms. The quantitative estimate of drug-likeness (QED) is 0.850.